The molecule has 0 aromatic rings. The average molecular weight is 199 g/mol. The first-order chi connectivity index (χ1) is 6.34. The van der Waals surface area contributed by atoms with E-state index in [0.29, 0.717) is 0 Å². The number of hydrogen-bond donors (Lipinski definition) is 0. The second kappa shape index (κ2) is 4.70. The molecule has 0 bridgehead atoms. The second-order valence-corrected chi connectivity index (χ2v) is 6.15. The van der Waals surface area contributed by atoms with Gasteiger partial charge >= 0.3 is 0 Å². The summed E-state index contributed by atoms with van der Waals surface area (Å²) < 4.78 is 0. The summed E-state index contributed by atoms with van der Waals surface area (Å²) >= 11 is 2.30. The summed E-state index contributed by atoms with van der Waals surface area (Å²) in [6, 6.07) is 0. The van der Waals surface area contributed by atoms with Gasteiger partial charge in [0.05, 0.1) is 0 Å². The van der Waals surface area contributed by atoms with Crippen molar-refractivity contribution in [2.75, 3.05) is 20.1 Å². The highest BCUT2D eigenvalue weighted by Crippen LogP contribution is 2.35. The van der Waals surface area contributed by atoms with E-state index < -0.39 is 0 Å². The van der Waals surface area contributed by atoms with Crippen LogP contribution in [0.4, 0.5) is 0 Å². The minimum atomic E-state index is 0.985. The van der Waals surface area contributed by atoms with E-state index in [-0.39, 0.29) is 0 Å². The van der Waals surface area contributed by atoms with Gasteiger partial charge < -0.3 is 4.90 Å². The van der Waals surface area contributed by atoms with Crippen LogP contribution in [0.3, 0.4) is 0 Å². The van der Waals surface area contributed by atoms with Gasteiger partial charge in [0.1, 0.15) is 0 Å². The number of piperidine rings is 1. The van der Waals surface area contributed by atoms with E-state index in [9.17, 15) is 0 Å². The molecule has 1 saturated carbocycles. The van der Waals surface area contributed by atoms with E-state index in [0.717, 1.165) is 10.5 Å². The van der Waals surface area contributed by atoms with E-state index in [4.69, 9.17) is 0 Å². The highest BCUT2D eigenvalue weighted by atomic mass is 32.2. The van der Waals surface area contributed by atoms with Crippen LogP contribution >= 0.6 is 11.8 Å². The molecular formula is C11H21NS. The van der Waals surface area contributed by atoms with Crippen molar-refractivity contribution in [1.29, 1.82) is 0 Å². The van der Waals surface area contributed by atoms with Crippen LogP contribution < -0.4 is 0 Å². The lowest BCUT2D eigenvalue weighted by Crippen LogP contribution is -2.32. The van der Waals surface area contributed by atoms with Gasteiger partial charge in [0, 0.05) is 10.5 Å². The van der Waals surface area contributed by atoms with Gasteiger partial charge in [0.15, 0.2) is 0 Å². The minimum Gasteiger partial charge on any atom is -0.306 e. The number of hydrogen-bond acceptors (Lipinski definition) is 2. The molecule has 2 rings (SSSR count). The van der Waals surface area contributed by atoms with E-state index in [1.54, 1.807) is 0 Å². The molecule has 0 N–H and O–H groups in total. The average Bonchev–Trinajstić information content (AvgIpc) is 2.62. The lowest BCUT2D eigenvalue weighted by molar-refractivity contribution is 0.282. The van der Waals surface area contributed by atoms with Gasteiger partial charge in [-0.15, -0.1) is 0 Å². The zero-order chi connectivity index (χ0) is 9.10. The molecular weight excluding hydrogens is 178 g/mol. The fraction of sp³-hybridized carbons (Fsp3) is 1.00. The van der Waals surface area contributed by atoms with Gasteiger partial charge in [0.2, 0.25) is 0 Å². The molecule has 0 aromatic carbocycles. The Morgan fingerprint density at radius 2 is 1.46 bits per heavy atom. The van der Waals surface area contributed by atoms with Gasteiger partial charge in [-0.05, 0) is 45.8 Å². The molecule has 1 nitrogen and oxygen atoms in total. The van der Waals surface area contributed by atoms with Gasteiger partial charge in [-0.3, -0.25) is 0 Å². The molecule has 0 spiro atoms. The molecule has 1 saturated heterocycles. The predicted molar refractivity (Wildman–Crippen MR) is 60.4 cm³/mol. The summed E-state index contributed by atoms with van der Waals surface area (Å²) in [6.45, 7) is 2.65. The lowest BCUT2D eigenvalue weighted by Gasteiger charge is -2.30. The quantitative estimate of drug-likeness (QED) is 0.673. The zero-order valence-corrected chi connectivity index (χ0v) is 9.48. The summed E-state index contributed by atoms with van der Waals surface area (Å²) in [5, 5.41) is 2.01. The molecule has 13 heavy (non-hydrogen) atoms. The standard InChI is InChI=1S/C11H21NS/c1-12-8-6-11(7-9-12)13-10-4-2-3-5-10/h10-11H,2-9H2,1H3. The molecule has 2 aliphatic rings. The molecule has 0 aromatic heterocycles. The number of thioether (sulfide) groups is 1. The van der Waals surface area contributed by atoms with Crippen LogP contribution in [0.25, 0.3) is 0 Å². The Kier molecular flexibility index (Phi) is 3.56. The molecule has 1 aliphatic carbocycles. The molecule has 1 heterocycles. The Bertz CT molecular complexity index is 146. The maximum absolute atomic E-state index is 2.46. The zero-order valence-electron chi connectivity index (χ0n) is 8.67. The second-order valence-electron chi connectivity index (χ2n) is 4.55. The van der Waals surface area contributed by atoms with Crippen molar-refractivity contribution >= 4 is 11.8 Å². The Morgan fingerprint density at radius 1 is 0.923 bits per heavy atom. The van der Waals surface area contributed by atoms with E-state index in [1.165, 1.54) is 51.6 Å². The minimum absolute atomic E-state index is 0.985. The Hall–Kier alpha value is 0.310. The number of likely N-dealkylation sites (tertiary alicyclic amines) is 1. The van der Waals surface area contributed by atoms with Crippen LogP contribution in [0, 0.1) is 0 Å². The maximum atomic E-state index is 2.46. The van der Waals surface area contributed by atoms with Crippen molar-refractivity contribution in [3.8, 4) is 0 Å². The molecule has 76 valence electrons. The van der Waals surface area contributed by atoms with Crippen LogP contribution in [0.15, 0.2) is 0 Å². The highest BCUT2D eigenvalue weighted by molar-refractivity contribution is 8.00. The largest absolute Gasteiger partial charge is 0.306 e. The van der Waals surface area contributed by atoms with E-state index in [2.05, 4.69) is 23.7 Å². The molecule has 2 heteroatoms. The maximum Gasteiger partial charge on any atom is 0.00741 e. The van der Waals surface area contributed by atoms with Gasteiger partial charge in [-0.1, -0.05) is 12.8 Å². The van der Waals surface area contributed by atoms with Crippen molar-refractivity contribution in [2.24, 2.45) is 0 Å². The van der Waals surface area contributed by atoms with Gasteiger partial charge in [-0.25, -0.2) is 0 Å². The number of rotatable bonds is 2. The summed E-state index contributed by atoms with van der Waals surface area (Å²) in [4.78, 5) is 2.46. The normalized spacial score (nSPS) is 28.4. The molecule has 0 amide bonds. The Labute approximate surface area is 86.3 Å². The molecule has 0 unspecified atom stereocenters. The first kappa shape index (κ1) is 9.85. The van der Waals surface area contributed by atoms with Crippen molar-refractivity contribution in [1.82, 2.24) is 4.90 Å². The van der Waals surface area contributed by atoms with E-state index >= 15 is 0 Å². The molecule has 2 fully saturated rings. The third-order valence-electron chi connectivity index (χ3n) is 3.35. The van der Waals surface area contributed by atoms with Crippen LogP contribution in [-0.2, 0) is 0 Å². The van der Waals surface area contributed by atoms with Crippen LogP contribution in [0.1, 0.15) is 38.5 Å². The summed E-state index contributed by atoms with van der Waals surface area (Å²) in [5.41, 5.74) is 0. The summed E-state index contributed by atoms with van der Waals surface area (Å²) in [5.74, 6) is 0. The fourth-order valence-corrected chi connectivity index (χ4v) is 4.05. The van der Waals surface area contributed by atoms with Gasteiger partial charge in [0.25, 0.3) is 0 Å². The van der Waals surface area contributed by atoms with Crippen LogP contribution in [-0.4, -0.2) is 35.5 Å². The number of nitrogens with zero attached hydrogens (tertiary/aromatic N) is 1. The summed E-state index contributed by atoms with van der Waals surface area (Å²) in [6.07, 6.45) is 8.83. The highest BCUT2D eigenvalue weighted by Gasteiger charge is 2.23. The summed E-state index contributed by atoms with van der Waals surface area (Å²) in [7, 11) is 2.25. The smallest absolute Gasteiger partial charge is 0.00741 e. The van der Waals surface area contributed by atoms with Gasteiger partial charge in [-0.2, -0.15) is 11.8 Å². The van der Waals surface area contributed by atoms with Crippen molar-refractivity contribution in [3.63, 3.8) is 0 Å². The monoisotopic (exact) mass is 199 g/mol. The first-order valence-corrected chi connectivity index (χ1v) is 6.63. The SMILES string of the molecule is CN1CCC(SC2CCCC2)CC1. The Balaban J connectivity index is 1.69. The Morgan fingerprint density at radius 3 is 2.08 bits per heavy atom. The lowest BCUT2D eigenvalue weighted by atomic mass is 10.1. The predicted octanol–water partition coefficient (Wildman–Crippen LogP) is 2.76. The third-order valence-corrected chi connectivity index (χ3v) is 5.07. The van der Waals surface area contributed by atoms with Crippen molar-refractivity contribution in [2.45, 2.75) is 49.0 Å². The molecule has 1 aliphatic heterocycles. The van der Waals surface area contributed by atoms with Crippen LogP contribution in [0.2, 0.25) is 0 Å². The molecule has 0 radical (unpaired) electrons. The third kappa shape index (κ3) is 2.88. The fourth-order valence-electron chi connectivity index (χ4n) is 2.42. The van der Waals surface area contributed by atoms with Crippen molar-refractivity contribution in [3.05, 3.63) is 0 Å². The molecule has 0 atom stereocenters. The van der Waals surface area contributed by atoms with E-state index in [1.807, 2.05) is 0 Å². The topological polar surface area (TPSA) is 3.24 Å². The van der Waals surface area contributed by atoms with Crippen LogP contribution in [0.5, 0.6) is 0 Å². The van der Waals surface area contributed by atoms with Crippen molar-refractivity contribution < 1.29 is 0 Å². The first-order valence-electron chi connectivity index (χ1n) is 5.68.